The molecule has 0 unspecified atom stereocenters. The lowest BCUT2D eigenvalue weighted by atomic mass is 10.2. The quantitative estimate of drug-likeness (QED) is 0.894. The molecule has 1 N–H and O–H groups in total. The molecule has 0 spiro atoms. The molecule has 2 aliphatic rings. The molecule has 0 bridgehead atoms. The van der Waals surface area contributed by atoms with Gasteiger partial charge in [-0.1, -0.05) is 0 Å². The number of anilines is 2. The lowest BCUT2D eigenvalue weighted by Crippen LogP contribution is -2.37. The zero-order valence-electron chi connectivity index (χ0n) is 11.4. The molecule has 0 aliphatic carbocycles. The molecule has 0 radical (unpaired) electrons. The van der Waals surface area contributed by atoms with Crippen molar-refractivity contribution in [2.24, 2.45) is 0 Å². The van der Waals surface area contributed by atoms with Crippen molar-refractivity contribution in [3.8, 4) is 0 Å². The normalized spacial score (nSPS) is 23.6. The van der Waals surface area contributed by atoms with Gasteiger partial charge in [-0.3, -0.25) is 0 Å². The van der Waals surface area contributed by atoms with Crippen LogP contribution in [0.4, 0.5) is 11.6 Å². The maximum atomic E-state index is 5.39. The predicted molar refractivity (Wildman–Crippen MR) is 74.9 cm³/mol. The molecule has 2 saturated heterocycles. The van der Waals surface area contributed by atoms with E-state index in [1.54, 1.807) is 0 Å². The van der Waals surface area contributed by atoms with Crippen molar-refractivity contribution in [3.63, 3.8) is 0 Å². The minimum Gasteiger partial charge on any atom is -0.379 e. The number of rotatable bonds is 3. The summed E-state index contributed by atoms with van der Waals surface area (Å²) in [5.41, 5.74) is 1.23. The fourth-order valence-electron chi connectivity index (χ4n) is 2.53. The molecule has 5 heteroatoms. The number of nitrogens with one attached hydrogen (secondary N) is 1. The molecule has 0 aromatic carbocycles. The van der Waals surface area contributed by atoms with Gasteiger partial charge in [0.15, 0.2) is 0 Å². The highest BCUT2D eigenvalue weighted by Gasteiger charge is 2.17. The van der Waals surface area contributed by atoms with Gasteiger partial charge in [0.2, 0.25) is 0 Å². The van der Waals surface area contributed by atoms with Crippen LogP contribution >= 0.6 is 0 Å². The largest absolute Gasteiger partial charge is 0.379 e. The Balaban J connectivity index is 1.74. The Labute approximate surface area is 113 Å². The Morgan fingerprint density at radius 3 is 2.79 bits per heavy atom. The van der Waals surface area contributed by atoms with E-state index in [2.05, 4.69) is 29.3 Å². The number of hydrogen-bond acceptors (Lipinski definition) is 5. The van der Waals surface area contributed by atoms with Crippen LogP contribution in [0.25, 0.3) is 0 Å². The van der Waals surface area contributed by atoms with Crippen molar-refractivity contribution < 1.29 is 9.47 Å². The molecule has 3 heterocycles. The van der Waals surface area contributed by atoms with Crippen LogP contribution in [0.5, 0.6) is 0 Å². The van der Waals surface area contributed by atoms with E-state index < -0.39 is 0 Å². The standard InChI is InChI=1S/C14H21N3O2/c1-11-8-13(15-12-2-5-19-10-12)16-14(9-11)17-3-6-18-7-4-17/h8-9,12H,2-7,10H2,1H3,(H,15,16)/t12-/m1/s1. The Bertz CT molecular complexity index is 427. The van der Waals surface area contributed by atoms with E-state index in [4.69, 9.17) is 14.5 Å². The van der Waals surface area contributed by atoms with Crippen molar-refractivity contribution in [2.75, 3.05) is 49.7 Å². The fraction of sp³-hybridized carbons (Fsp3) is 0.643. The summed E-state index contributed by atoms with van der Waals surface area (Å²) in [6.45, 7) is 7.15. The van der Waals surface area contributed by atoms with E-state index in [9.17, 15) is 0 Å². The van der Waals surface area contributed by atoms with Crippen LogP contribution in [0.1, 0.15) is 12.0 Å². The highest BCUT2D eigenvalue weighted by molar-refractivity contribution is 5.51. The first-order valence-electron chi connectivity index (χ1n) is 6.97. The van der Waals surface area contributed by atoms with Crippen molar-refractivity contribution in [2.45, 2.75) is 19.4 Å². The predicted octanol–water partition coefficient (Wildman–Crippen LogP) is 1.43. The molecule has 2 aliphatic heterocycles. The Hall–Kier alpha value is -1.33. The van der Waals surface area contributed by atoms with E-state index in [1.165, 1.54) is 5.56 Å². The molecule has 2 fully saturated rings. The highest BCUT2D eigenvalue weighted by Crippen LogP contribution is 2.20. The maximum Gasteiger partial charge on any atom is 0.131 e. The summed E-state index contributed by atoms with van der Waals surface area (Å²) in [4.78, 5) is 7.01. The number of morpholine rings is 1. The lowest BCUT2D eigenvalue weighted by molar-refractivity contribution is 0.122. The fourth-order valence-corrected chi connectivity index (χ4v) is 2.53. The molecular weight excluding hydrogens is 242 g/mol. The highest BCUT2D eigenvalue weighted by atomic mass is 16.5. The Morgan fingerprint density at radius 2 is 2.05 bits per heavy atom. The van der Waals surface area contributed by atoms with Gasteiger partial charge in [0, 0.05) is 19.7 Å². The van der Waals surface area contributed by atoms with Gasteiger partial charge >= 0.3 is 0 Å². The summed E-state index contributed by atoms with van der Waals surface area (Å²) in [6.07, 6.45) is 1.06. The SMILES string of the molecule is Cc1cc(N[C@@H]2CCOC2)nc(N2CCOCC2)c1. The van der Waals surface area contributed by atoms with Gasteiger partial charge in [0.05, 0.1) is 25.9 Å². The molecule has 1 atom stereocenters. The Morgan fingerprint density at radius 1 is 1.21 bits per heavy atom. The second-order valence-electron chi connectivity index (χ2n) is 5.19. The van der Waals surface area contributed by atoms with Crippen LogP contribution in [0.15, 0.2) is 12.1 Å². The first kappa shape index (κ1) is 12.7. The smallest absolute Gasteiger partial charge is 0.131 e. The molecular formula is C14H21N3O2. The van der Waals surface area contributed by atoms with Gasteiger partial charge in [0.1, 0.15) is 11.6 Å². The van der Waals surface area contributed by atoms with Crippen LogP contribution < -0.4 is 10.2 Å². The molecule has 0 amide bonds. The zero-order valence-corrected chi connectivity index (χ0v) is 11.4. The van der Waals surface area contributed by atoms with E-state index in [0.29, 0.717) is 6.04 Å². The second kappa shape index (κ2) is 5.75. The van der Waals surface area contributed by atoms with E-state index in [1.807, 2.05) is 0 Å². The summed E-state index contributed by atoms with van der Waals surface area (Å²) in [6, 6.07) is 4.64. The minimum atomic E-state index is 0.395. The number of hydrogen-bond donors (Lipinski definition) is 1. The third-order valence-corrected chi connectivity index (χ3v) is 3.57. The van der Waals surface area contributed by atoms with Crippen LogP contribution in [-0.2, 0) is 9.47 Å². The number of ether oxygens (including phenoxy) is 2. The van der Waals surface area contributed by atoms with Crippen LogP contribution in [0.2, 0.25) is 0 Å². The third-order valence-electron chi connectivity index (χ3n) is 3.57. The van der Waals surface area contributed by atoms with E-state index >= 15 is 0 Å². The van der Waals surface area contributed by atoms with Gasteiger partial charge in [-0.05, 0) is 31.0 Å². The third kappa shape index (κ3) is 3.16. The molecule has 104 valence electrons. The van der Waals surface area contributed by atoms with E-state index in [0.717, 1.165) is 57.6 Å². The van der Waals surface area contributed by atoms with Crippen molar-refractivity contribution >= 4 is 11.6 Å². The molecule has 3 rings (SSSR count). The van der Waals surface area contributed by atoms with Crippen LogP contribution in [-0.4, -0.2) is 50.5 Å². The number of nitrogens with zero attached hydrogens (tertiary/aromatic N) is 2. The first-order valence-corrected chi connectivity index (χ1v) is 6.97. The average Bonchev–Trinajstić information content (AvgIpc) is 2.92. The molecule has 0 saturated carbocycles. The topological polar surface area (TPSA) is 46.6 Å². The van der Waals surface area contributed by atoms with Crippen molar-refractivity contribution in [1.82, 2.24) is 4.98 Å². The van der Waals surface area contributed by atoms with Crippen LogP contribution in [0.3, 0.4) is 0 Å². The molecule has 19 heavy (non-hydrogen) atoms. The molecule has 1 aromatic heterocycles. The summed E-state index contributed by atoms with van der Waals surface area (Å²) < 4.78 is 10.8. The number of pyridine rings is 1. The second-order valence-corrected chi connectivity index (χ2v) is 5.19. The zero-order chi connectivity index (χ0) is 13.1. The van der Waals surface area contributed by atoms with E-state index in [-0.39, 0.29) is 0 Å². The van der Waals surface area contributed by atoms with Gasteiger partial charge in [0.25, 0.3) is 0 Å². The van der Waals surface area contributed by atoms with Gasteiger partial charge < -0.3 is 19.7 Å². The molecule has 5 nitrogen and oxygen atoms in total. The van der Waals surface area contributed by atoms with Crippen molar-refractivity contribution in [3.05, 3.63) is 17.7 Å². The maximum absolute atomic E-state index is 5.39. The monoisotopic (exact) mass is 263 g/mol. The number of aryl methyl sites for hydroxylation is 1. The first-order chi connectivity index (χ1) is 9.31. The number of aromatic nitrogens is 1. The van der Waals surface area contributed by atoms with Gasteiger partial charge in [-0.15, -0.1) is 0 Å². The summed E-state index contributed by atoms with van der Waals surface area (Å²) in [5, 5.41) is 3.47. The van der Waals surface area contributed by atoms with Gasteiger partial charge in [-0.2, -0.15) is 0 Å². The van der Waals surface area contributed by atoms with Gasteiger partial charge in [-0.25, -0.2) is 4.98 Å². The average molecular weight is 263 g/mol. The summed E-state index contributed by atoms with van der Waals surface area (Å²) in [5.74, 6) is 2.00. The molecule has 1 aromatic rings. The lowest BCUT2D eigenvalue weighted by Gasteiger charge is -2.28. The summed E-state index contributed by atoms with van der Waals surface area (Å²) in [7, 11) is 0. The minimum absolute atomic E-state index is 0.395. The summed E-state index contributed by atoms with van der Waals surface area (Å²) >= 11 is 0. The van der Waals surface area contributed by atoms with Crippen LogP contribution in [0, 0.1) is 6.92 Å². The Kier molecular flexibility index (Phi) is 3.84. The van der Waals surface area contributed by atoms with Crippen molar-refractivity contribution in [1.29, 1.82) is 0 Å².